The molecular weight excluding hydrogens is 212 g/mol. The van der Waals surface area contributed by atoms with Gasteiger partial charge in [-0.25, -0.2) is 0 Å². The summed E-state index contributed by atoms with van der Waals surface area (Å²) in [5.74, 6) is 0. The molecule has 1 heterocycles. The van der Waals surface area contributed by atoms with Crippen LogP contribution in [0.3, 0.4) is 0 Å². The van der Waals surface area contributed by atoms with Gasteiger partial charge in [0, 0.05) is 31.9 Å². The van der Waals surface area contributed by atoms with Crippen molar-refractivity contribution in [2.45, 2.75) is 25.5 Å². The summed E-state index contributed by atoms with van der Waals surface area (Å²) >= 11 is 0. The highest BCUT2D eigenvalue weighted by atomic mass is 16.5. The Hall–Kier alpha value is -1.06. The molecule has 1 aromatic carbocycles. The van der Waals surface area contributed by atoms with Crippen LogP contribution in [0.2, 0.25) is 0 Å². The molecule has 0 radical (unpaired) electrons. The van der Waals surface area contributed by atoms with Gasteiger partial charge < -0.3 is 15.0 Å². The normalized spacial score (nSPS) is 23.4. The smallest absolute Gasteiger partial charge is 0.0950 e. The average molecular weight is 234 g/mol. The lowest BCUT2D eigenvalue weighted by Gasteiger charge is -2.36. The Labute approximate surface area is 104 Å². The molecule has 1 fully saturated rings. The monoisotopic (exact) mass is 234 g/mol. The Morgan fingerprint density at radius 3 is 2.35 bits per heavy atom. The van der Waals surface area contributed by atoms with Crippen LogP contribution < -0.4 is 10.2 Å². The molecule has 1 aliphatic rings. The fourth-order valence-electron chi connectivity index (χ4n) is 1.99. The van der Waals surface area contributed by atoms with Gasteiger partial charge in [-0.2, -0.15) is 0 Å². The number of ether oxygens (including phenoxy) is 1. The first kappa shape index (κ1) is 12.4. The van der Waals surface area contributed by atoms with Crippen LogP contribution in [-0.4, -0.2) is 32.8 Å². The highest BCUT2D eigenvalue weighted by molar-refractivity contribution is 5.46. The molecule has 0 aliphatic carbocycles. The van der Waals surface area contributed by atoms with E-state index in [0.717, 1.165) is 13.2 Å². The molecule has 17 heavy (non-hydrogen) atoms. The Balaban J connectivity index is 2.04. The Morgan fingerprint density at radius 1 is 1.24 bits per heavy atom. The fourth-order valence-corrected chi connectivity index (χ4v) is 1.99. The predicted octanol–water partition coefficient (Wildman–Crippen LogP) is 2.19. The van der Waals surface area contributed by atoms with E-state index in [4.69, 9.17) is 4.74 Å². The standard InChI is InChI=1S/C14H22N2O/c1-14(2)10-17-13(9-15-14)11-5-7-12(8-6-11)16(3)4/h5-8,13,15H,9-10H2,1-4H3. The Bertz CT molecular complexity index is 360. The number of anilines is 1. The molecule has 1 N–H and O–H groups in total. The van der Waals surface area contributed by atoms with Crippen molar-refractivity contribution in [2.75, 3.05) is 32.1 Å². The number of morpholine rings is 1. The first-order valence-corrected chi connectivity index (χ1v) is 6.12. The maximum atomic E-state index is 5.90. The number of rotatable bonds is 2. The predicted molar refractivity (Wildman–Crippen MR) is 71.5 cm³/mol. The number of hydrogen-bond acceptors (Lipinski definition) is 3. The van der Waals surface area contributed by atoms with Gasteiger partial charge in [-0.05, 0) is 31.5 Å². The summed E-state index contributed by atoms with van der Waals surface area (Å²) in [6.45, 7) is 5.97. The molecule has 3 heteroatoms. The van der Waals surface area contributed by atoms with Crippen LogP contribution in [0.15, 0.2) is 24.3 Å². The van der Waals surface area contributed by atoms with E-state index in [1.54, 1.807) is 0 Å². The SMILES string of the molecule is CN(C)c1ccc(C2CNC(C)(C)CO2)cc1. The van der Waals surface area contributed by atoms with Gasteiger partial charge in [0.2, 0.25) is 0 Å². The molecule has 0 amide bonds. The summed E-state index contributed by atoms with van der Waals surface area (Å²) in [7, 11) is 4.10. The van der Waals surface area contributed by atoms with Crippen molar-refractivity contribution in [1.82, 2.24) is 5.32 Å². The van der Waals surface area contributed by atoms with Gasteiger partial charge in [-0.1, -0.05) is 12.1 Å². The van der Waals surface area contributed by atoms with Crippen LogP contribution in [0.25, 0.3) is 0 Å². The third-order valence-electron chi connectivity index (χ3n) is 3.19. The summed E-state index contributed by atoms with van der Waals surface area (Å²) in [5, 5.41) is 3.51. The summed E-state index contributed by atoms with van der Waals surface area (Å²) in [4.78, 5) is 2.10. The van der Waals surface area contributed by atoms with Gasteiger partial charge in [0.15, 0.2) is 0 Å². The highest BCUT2D eigenvalue weighted by Crippen LogP contribution is 2.25. The molecule has 3 nitrogen and oxygen atoms in total. The molecular formula is C14H22N2O. The van der Waals surface area contributed by atoms with Gasteiger partial charge in [0.25, 0.3) is 0 Å². The molecule has 2 rings (SSSR count). The minimum atomic E-state index is 0.0973. The quantitative estimate of drug-likeness (QED) is 0.849. The van der Waals surface area contributed by atoms with Gasteiger partial charge in [0.1, 0.15) is 0 Å². The second kappa shape index (κ2) is 4.67. The topological polar surface area (TPSA) is 24.5 Å². The molecule has 0 bridgehead atoms. The van der Waals surface area contributed by atoms with E-state index in [1.807, 2.05) is 0 Å². The molecule has 0 spiro atoms. The van der Waals surface area contributed by atoms with E-state index in [0.29, 0.717) is 0 Å². The summed E-state index contributed by atoms with van der Waals surface area (Å²) in [6, 6.07) is 8.58. The van der Waals surface area contributed by atoms with Gasteiger partial charge >= 0.3 is 0 Å². The maximum absolute atomic E-state index is 5.90. The van der Waals surface area contributed by atoms with E-state index in [2.05, 4.69) is 62.4 Å². The number of nitrogens with zero attached hydrogens (tertiary/aromatic N) is 1. The number of hydrogen-bond donors (Lipinski definition) is 1. The third-order valence-corrected chi connectivity index (χ3v) is 3.19. The lowest BCUT2D eigenvalue weighted by molar-refractivity contribution is -0.0228. The van der Waals surface area contributed by atoms with E-state index in [1.165, 1.54) is 11.3 Å². The van der Waals surface area contributed by atoms with Crippen LogP contribution in [0, 0.1) is 0 Å². The average Bonchev–Trinajstić information content (AvgIpc) is 2.29. The lowest BCUT2D eigenvalue weighted by atomic mass is 10.0. The van der Waals surface area contributed by atoms with Gasteiger partial charge in [-0.15, -0.1) is 0 Å². The fraction of sp³-hybridized carbons (Fsp3) is 0.571. The van der Waals surface area contributed by atoms with Crippen molar-refractivity contribution < 1.29 is 4.74 Å². The third kappa shape index (κ3) is 2.99. The lowest BCUT2D eigenvalue weighted by Crippen LogP contribution is -2.50. The van der Waals surface area contributed by atoms with Crippen LogP contribution >= 0.6 is 0 Å². The second-order valence-electron chi connectivity index (χ2n) is 5.55. The largest absolute Gasteiger partial charge is 0.378 e. The Morgan fingerprint density at radius 2 is 1.88 bits per heavy atom. The van der Waals surface area contributed by atoms with Crippen molar-refractivity contribution in [3.05, 3.63) is 29.8 Å². The minimum Gasteiger partial charge on any atom is -0.378 e. The first-order chi connectivity index (χ1) is 7.98. The number of benzene rings is 1. The van der Waals surface area contributed by atoms with E-state index >= 15 is 0 Å². The molecule has 0 aromatic heterocycles. The molecule has 1 atom stereocenters. The minimum absolute atomic E-state index is 0.0973. The van der Waals surface area contributed by atoms with Crippen molar-refractivity contribution in [3.8, 4) is 0 Å². The van der Waals surface area contributed by atoms with Crippen molar-refractivity contribution in [1.29, 1.82) is 0 Å². The zero-order chi connectivity index (χ0) is 12.5. The van der Waals surface area contributed by atoms with E-state index in [-0.39, 0.29) is 11.6 Å². The molecule has 1 unspecified atom stereocenters. The molecule has 1 aromatic rings. The van der Waals surface area contributed by atoms with Crippen LogP contribution in [-0.2, 0) is 4.74 Å². The molecule has 1 aliphatic heterocycles. The summed E-state index contributed by atoms with van der Waals surface area (Å²) < 4.78 is 5.90. The van der Waals surface area contributed by atoms with Crippen LogP contribution in [0.4, 0.5) is 5.69 Å². The second-order valence-corrected chi connectivity index (χ2v) is 5.55. The van der Waals surface area contributed by atoms with Gasteiger partial charge in [-0.3, -0.25) is 0 Å². The molecule has 94 valence electrons. The maximum Gasteiger partial charge on any atom is 0.0950 e. The van der Waals surface area contributed by atoms with E-state index in [9.17, 15) is 0 Å². The van der Waals surface area contributed by atoms with Crippen LogP contribution in [0.5, 0.6) is 0 Å². The van der Waals surface area contributed by atoms with Crippen molar-refractivity contribution in [2.24, 2.45) is 0 Å². The summed E-state index contributed by atoms with van der Waals surface area (Å²) in [5.41, 5.74) is 2.57. The summed E-state index contributed by atoms with van der Waals surface area (Å²) in [6.07, 6.45) is 0.180. The van der Waals surface area contributed by atoms with E-state index < -0.39 is 0 Å². The van der Waals surface area contributed by atoms with Crippen molar-refractivity contribution in [3.63, 3.8) is 0 Å². The molecule has 1 saturated heterocycles. The Kier molecular flexibility index (Phi) is 3.40. The molecule has 0 saturated carbocycles. The number of nitrogens with one attached hydrogen (secondary N) is 1. The zero-order valence-electron chi connectivity index (χ0n) is 11.2. The van der Waals surface area contributed by atoms with Crippen molar-refractivity contribution >= 4 is 5.69 Å². The van der Waals surface area contributed by atoms with Crippen LogP contribution in [0.1, 0.15) is 25.5 Å². The zero-order valence-corrected chi connectivity index (χ0v) is 11.2. The first-order valence-electron chi connectivity index (χ1n) is 6.12. The van der Waals surface area contributed by atoms with Gasteiger partial charge in [0.05, 0.1) is 12.7 Å². The highest BCUT2D eigenvalue weighted by Gasteiger charge is 2.27.